The molecule has 0 aliphatic carbocycles. The summed E-state index contributed by atoms with van der Waals surface area (Å²) < 4.78 is 11.0. The molecule has 1 aromatic carbocycles. The summed E-state index contributed by atoms with van der Waals surface area (Å²) in [6, 6.07) is 6.33. The molecular formula is C16H21NO2S. The Morgan fingerprint density at radius 2 is 1.80 bits per heavy atom. The number of ether oxygens (including phenoxy) is 2. The van der Waals surface area contributed by atoms with Crippen molar-refractivity contribution in [1.82, 2.24) is 5.32 Å². The molecule has 1 atom stereocenters. The number of methoxy groups -OCH3 is 2. The lowest BCUT2D eigenvalue weighted by Crippen LogP contribution is -2.19. The SMILES string of the molecule is CNC(c1sccc1OC)c1c(C)cc(C)cc1OC. The van der Waals surface area contributed by atoms with Gasteiger partial charge in [0.25, 0.3) is 0 Å². The number of hydrogen-bond donors (Lipinski definition) is 1. The Kier molecular flexibility index (Phi) is 4.68. The summed E-state index contributed by atoms with van der Waals surface area (Å²) >= 11 is 1.69. The van der Waals surface area contributed by atoms with E-state index in [1.54, 1.807) is 25.6 Å². The van der Waals surface area contributed by atoms with Crippen molar-refractivity contribution >= 4 is 11.3 Å². The molecule has 0 saturated carbocycles. The molecule has 0 radical (unpaired) electrons. The van der Waals surface area contributed by atoms with Gasteiger partial charge in [-0.05, 0) is 49.5 Å². The van der Waals surface area contributed by atoms with Crippen molar-refractivity contribution in [2.45, 2.75) is 19.9 Å². The van der Waals surface area contributed by atoms with Crippen LogP contribution in [0.5, 0.6) is 11.5 Å². The van der Waals surface area contributed by atoms with Crippen molar-refractivity contribution < 1.29 is 9.47 Å². The van der Waals surface area contributed by atoms with Gasteiger partial charge in [0, 0.05) is 5.56 Å². The van der Waals surface area contributed by atoms with Crippen LogP contribution in [0, 0.1) is 13.8 Å². The van der Waals surface area contributed by atoms with Gasteiger partial charge in [0.2, 0.25) is 0 Å². The molecule has 0 saturated heterocycles. The van der Waals surface area contributed by atoms with Gasteiger partial charge in [-0.25, -0.2) is 0 Å². The van der Waals surface area contributed by atoms with Crippen LogP contribution in [-0.4, -0.2) is 21.3 Å². The highest BCUT2D eigenvalue weighted by molar-refractivity contribution is 7.10. The third-order valence-corrected chi connectivity index (χ3v) is 4.39. The van der Waals surface area contributed by atoms with E-state index in [-0.39, 0.29) is 6.04 Å². The predicted molar refractivity (Wildman–Crippen MR) is 84.2 cm³/mol. The van der Waals surface area contributed by atoms with Gasteiger partial charge in [-0.3, -0.25) is 0 Å². The Hall–Kier alpha value is -1.52. The second-order valence-corrected chi connectivity index (χ2v) is 5.72. The molecule has 3 nitrogen and oxygen atoms in total. The van der Waals surface area contributed by atoms with Crippen molar-refractivity contribution in [3.63, 3.8) is 0 Å². The topological polar surface area (TPSA) is 30.5 Å². The maximum absolute atomic E-state index is 5.59. The fraction of sp³-hybridized carbons (Fsp3) is 0.375. The van der Waals surface area contributed by atoms with E-state index in [9.17, 15) is 0 Å². The van der Waals surface area contributed by atoms with E-state index in [4.69, 9.17) is 9.47 Å². The average Bonchev–Trinajstić information content (AvgIpc) is 2.89. The lowest BCUT2D eigenvalue weighted by Gasteiger charge is -2.22. The molecule has 1 N–H and O–H groups in total. The smallest absolute Gasteiger partial charge is 0.134 e. The van der Waals surface area contributed by atoms with Gasteiger partial charge >= 0.3 is 0 Å². The number of hydrogen-bond acceptors (Lipinski definition) is 4. The van der Waals surface area contributed by atoms with E-state index in [1.807, 2.05) is 13.1 Å². The highest BCUT2D eigenvalue weighted by atomic mass is 32.1. The van der Waals surface area contributed by atoms with Crippen LogP contribution >= 0.6 is 11.3 Å². The quantitative estimate of drug-likeness (QED) is 0.911. The molecule has 20 heavy (non-hydrogen) atoms. The van der Waals surface area contributed by atoms with E-state index in [0.29, 0.717) is 0 Å². The van der Waals surface area contributed by atoms with Crippen LogP contribution < -0.4 is 14.8 Å². The van der Waals surface area contributed by atoms with E-state index in [2.05, 4.69) is 36.7 Å². The van der Waals surface area contributed by atoms with E-state index < -0.39 is 0 Å². The van der Waals surface area contributed by atoms with E-state index in [0.717, 1.165) is 11.5 Å². The van der Waals surface area contributed by atoms with Gasteiger partial charge in [-0.2, -0.15) is 0 Å². The van der Waals surface area contributed by atoms with Crippen LogP contribution in [0.1, 0.15) is 27.6 Å². The summed E-state index contributed by atoms with van der Waals surface area (Å²) in [5.41, 5.74) is 3.59. The summed E-state index contributed by atoms with van der Waals surface area (Å²) in [4.78, 5) is 1.17. The minimum atomic E-state index is 0.0699. The summed E-state index contributed by atoms with van der Waals surface area (Å²) in [6.45, 7) is 4.20. The van der Waals surface area contributed by atoms with Gasteiger partial charge in [0.1, 0.15) is 11.5 Å². The largest absolute Gasteiger partial charge is 0.496 e. The minimum Gasteiger partial charge on any atom is -0.496 e. The molecule has 0 aliphatic rings. The fourth-order valence-electron chi connectivity index (χ4n) is 2.57. The lowest BCUT2D eigenvalue weighted by atomic mass is 9.96. The molecule has 0 fully saturated rings. The Labute approximate surface area is 124 Å². The Bertz CT molecular complexity index is 592. The highest BCUT2D eigenvalue weighted by Gasteiger charge is 2.23. The van der Waals surface area contributed by atoms with Gasteiger partial charge in [0.05, 0.1) is 25.1 Å². The number of aryl methyl sites for hydroxylation is 2. The number of nitrogens with one attached hydrogen (secondary N) is 1. The third-order valence-electron chi connectivity index (χ3n) is 3.43. The number of rotatable bonds is 5. The van der Waals surface area contributed by atoms with Crippen molar-refractivity contribution in [2.24, 2.45) is 0 Å². The molecule has 1 unspecified atom stereocenters. The second kappa shape index (κ2) is 6.29. The van der Waals surface area contributed by atoms with Crippen LogP contribution in [-0.2, 0) is 0 Å². The first-order valence-electron chi connectivity index (χ1n) is 6.56. The molecule has 0 aliphatic heterocycles. The Balaban J connectivity index is 2.58. The predicted octanol–water partition coefficient (Wildman–Crippen LogP) is 3.69. The van der Waals surface area contributed by atoms with E-state index in [1.165, 1.54) is 21.6 Å². The highest BCUT2D eigenvalue weighted by Crippen LogP contribution is 2.39. The fourth-order valence-corrected chi connectivity index (χ4v) is 3.55. The summed E-state index contributed by atoms with van der Waals surface area (Å²) in [5.74, 6) is 1.83. The lowest BCUT2D eigenvalue weighted by molar-refractivity contribution is 0.397. The van der Waals surface area contributed by atoms with Crippen LogP contribution in [0.4, 0.5) is 0 Å². The zero-order valence-electron chi connectivity index (χ0n) is 12.6. The zero-order valence-corrected chi connectivity index (χ0v) is 13.4. The Morgan fingerprint density at radius 3 is 2.40 bits per heavy atom. The van der Waals surface area contributed by atoms with Crippen molar-refractivity contribution in [3.05, 3.63) is 45.1 Å². The Morgan fingerprint density at radius 1 is 1.10 bits per heavy atom. The molecule has 108 valence electrons. The molecule has 1 aromatic heterocycles. The maximum atomic E-state index is 5.59. The second-order valence-electron chi connectivity index (χ2n) is 4.77. The first-order valence-corrected chi connectivity index (χ1v) is 7.44. The van der Waals surface area contributed by atoms with Gasteiger partial charge in [0.15, 0.2) is 0 Å². The van der Waals surface area contributed by atoms with Gasteiger partial charge in [-0.1, -0.05) is 6.07 Å². The number of thiophene rings is 1. The molecule has 1 heterocycles. The maximum Gasteiger partial charge on any atom is 0.134 e. The zero-order chi connectivity index (χ0) is 14.7. The molecule has 2 rings (SSSR count). The standard InChI is InChI=1S/C16H21NO2S/c1-10-8-11(2)14(13(9-10)19-5)15(17-3)16-12(18-4)6-7-20-16/h6-9,15,17H,1-5H3. The summed E-state index contributed by atoms with van der Waals surface area (Å²) in [6.07, 6.45) is 0. The van der Waals surface area contributed by atoms with Crippen molar-refractivity contribution in [3.8, 4) is 11.5 Å². The van der Waals surface area contributed by atoms with Gasteiger partial charge in [-0.15, -0.1) is 11.3 Å². The van der Waals surface area contributed by atoms with E-state index >= 15 is 0 Å². The first kappa shape index (κ1) is 14.9. The first-order chi connectivity index (χ1) is 9.62. The normalized spacial score (nSPS) is 12.2. The average molecular weight is 291 g/mol. The monoisotopic (exact) mass is 291 g/mol. The number of benzene rings is 1. The van der Waals surface area contributed by atoms with Crippen molar-refractivity contribution in [1.29, 1.82) is 0 Å². The molecule has 0 amide bonds. The molecule has 4 heteroatoms. The van der Waals surface area contributed by atoms with Gasteiger partial charge < -0.3 is 14.8 Å². The minimum absolute atomic E-state index is 0.0699. The van der Waals surface area contributed by atoms with Crippen LogP contribution in [0.15, 0.2) is 23.6 Å². The summed E-state index contributed by atoms with van der Waals surface area (Å²) in [5, 5.41) is 5.43. The van der Waals surface area contributed by atoms with Crippen LogP contribution in [0.2, 0.25) is 0 Å². The van der Waals surface area contributed by atoms with Crippen LogP contribution in [0.25, 0.3) is 0 Å². The third kappa shape index (κ3) is 2.67. The van der Waals surface area contributed by atoms with Crippen molar-refractivity contribution in [2.75, 3.05) is 21.3 Å². The molecule has 0 bridgehead atoms. The molecule has 0 spiro atoms. The molecule has 2 aromatic rings. The van der Waals surface area contributed by atoms with Crippen LogP contribution in [0.3, 0.4) is 0 Å². The molecular weight excluding hydrogens is 270 g/mol. The summed E-state index contributed by atoms with van der Waals surface area (Å²) in [7, 11) is 5.39.